The largest absolute Gasteiger partial charge is 0.447 e. The second-order valence-corrected chi connectivity index (χ2v) is 6.87. The van der Waals surface area contributed by atoms with Crippen molar-refractivity contribution < 1.29 is 19.1 Å². The van der Waals surface area contributed by atoms with Gasteiger partial charge >= 0.3 is 12.2 Å². The number of aryl methyl sites for hydroxylation is 2. The fourth-order valence-electron chi connectivity index (χ4n) is 2.65. The van der Waals surface area contributed by atoms with Crippen LogP contribution < -0.4 is 15.4 Å². The third-order valence-electron chi connectivity index (χ3n) is 3.88. The molecule has 0 spiro atoms. The number of hydrogen-bond donors (Lipinski definition) is 2. The lowest BCUT2D eigenvalue weighted by Crippen LogP contribution is -2.27. The highest BCUT2D eigenvalue weighted by atomic mass is 16.6. The van der Waals surface area contributed by atoms with Crippen LogP contribution >= 0.6 is 0 Å². The number of nitrogens with one attached hydrogen (secondary N) is 2. The Morgan fingerprint density at radius 2 is 1.79 bits per heavy atom. The van der Waals surface area contributed by atoms with Crippen LogP contribution in [0.4, 0.5) is 15.3 Å². The lowest BCUT2D eigenvalue weighted by atomic mass is 10.1. The smallest absolute Gasteiger partial charge is 0.412 e. The van der Waals surface area contributed by atoms with E-state index in [1.54, 1.807) is 38.1 Å². The van der Waals surface area contributed by atoms with E-state index < -0.39 is 12.2 Å². The summed E-state index contributed by atoms with van der Waals surface area (Å²) in [6.45, 7) is 6.16. The molecule has 6 nitrogen and oxygen atoms in total. The summed E-state index contributed by atoms with van der Waals surface area (Å²) in [5.41, 5.74) is 3.06. The Hall–Kier alpha value is -3.02. The molecule has 0 aliphatic heterocycles. The molecular formula is C22H28N2O4. The molecule has 2 aromatic rings. The van der Waals surface area contributed by atoms with Crippen LogP contribution in [0, 0.1) is 6.92 Å². The van der Waals surface area contributed by atoms with Gasteiger partial charge in [-0.3, -0.25) is 5.32 Å². The number of benzene rings is 2. The zero-order chi connectivity index (χ0) is 20.4. The van der Waals surface area contributed by atoms with E-state index in [-0.39, 0.29) is 6.10 Å². The first-order valence-corrected chi connectivity index (χ1v) is 9.51. The highest BCUT2D eigenvalue weighted by Crippen LogP contribution is 2.18. The summed E-state index contributed by atoms with van der Waals surface area (Å²) in [5, 5.41) is 5.34. The monoisotopic (exact) mass is 384 g/mol. The van der Waals surface area contributed by atoms with Crippen LogP contribution in [0.5, 0.6) is 5.75 Å². The van der Waals surface area contributed by atoms with Gasteiger partial charge in [0.15, 0.2) is 0 Å². The van der Waals surface area contributed by atoms with Crippen molar-refractivity contribution in [3.8, 4) is 5.75 Å². The molecule has 0 radical (unpaired) electrons. The SMILES string of the molecule is Cc1cccc(CCCCNC(=O)Oc2cccc(NC(=O)OC(C)C)c2)c1. The minimum Gasteiger partial charge on any atom is -0.447 e. The molecule has 0 bridgehead atoms. The van der Waals surface area contributed by atoms with E-state index in [2.05, 4.69) is 41.8 Å². The first-order valence-electron chi connectivity index (χ1n) is 9.51. The van der Waals surface area contributed by atoms with Gasteiger partial charge in [-0.15, -0.1) is 0 Å². The van der Waals surface area contributed by atoms with Crippen LogP contribution in [-0.2, 0) is 11.2 Å². The zero-order valence-electron chi connectivity index (χ0n) is 16.7. The highest BCUT2D eigenvalue weighted by molar-refractivity contribution is 5.85. The van der Waals surface area contributed by atoms with E-state index >= 15 is 0 Å². The van der Waals surface area contributed by atoms with Crippen LogP contribution in [0.25, 0.3) is 0 Å². The number of unbranched alkanes of at least 4 members (excludes halogenated alkanes) is 1. The van der Waals surface area contributed by atoms with Crippen molar-refractivity contribution in [2.45, 2.75) is 46.1 Å². The average molecular weight is 384 g/mol. The Kier molecular flexibility index (Phi) is 8.34. The van der Waals surface area contributed by atoms with Gasteiger partial charge in [0.25, 0.3) is 0 Å². The van der Waals surface area contributed by atoms with Gasteiger partial charge in [-0.2, -0.15) is 0 Å². The van der Waals surface area contributed by atoms with Crippen molar-refractivity contribution in [2.75, 3.05) is 11.9 Å². The van der Waals surface area contributed by atoms with E-state index in [9.17, 15) is 9.59 Å². The normalized spacial score (nSPS) is 10.4. The van der Waals surface area contributed by atoms with E-state index in [0.717, 1.165) is 19.3 Å². The van der Waals surface area contributed by atoms with Crippen LogP contribution in [0.3, 0.4) is 0 Å². The van der Waals surface area contributed by atoms with Crippen molar-refractivity contribution in [2.24, 2.45) is 0 Å². The van der Waals surface area contributed by atoms with Crippen LogP contribution in [-0.4, -0.2) is 24.8 Å². The Balaban J connectivity index is 1.69. The number of hydrogen-bond acceptors (Lipinski definition) is 4. The molecule has 2 N–H and O–H groups in total. The maximum absolute atomic E-state index is 11.9. The predicted octanol–water partition coefficient (Wildman–Crippen LogP) is 5.06. The molecule has 0 saturated carbocycles. The first kappa shape index (κ1) is 21.3. The molecule has 0 aliphatic rings. The van der Waals surface area contributed by atoms with Gasteiger partial charge in [0.2, 0.25) is 0 Å². The molecule has 0 heterocycles. The predicted molar refractivity (Wildman–Crippen MR) is 110 cm³/mol. The highest BCUT2D eigenvalue weighted by Gasteiger charge is 2.08. The lowest BCUT2D eigenvalue weighted by Gasteiger charge is -2.11. The quantitative estimate of drug-likeness (QED) is 0.624. The van der Waals surface area contributed by atoms with Gasteiger partial charge in [-0.05, 0) is 57.7 Å². The molecule has 0 fully saturated rings. The fraction of sp³-hybridized carbons (Fsp3) is 0.364. The summed E-state index contributed by atoms with van der Waals surface area (Å²) in [6.07, 6.45) is 1.56. The number of anilines is 1. The van der Waals surface area contributed by atoms with Crippen molar-refractivity contribution in [1.29, 1.82) is 0 Å². The van der Waals surface area contributed by atoms with Crippen molar-refractivity contribution in [3.63, 3.8) is 0 Å². The maximum atomic E-state index is 11.9. The summed E-state index contributed by atoms with van der Waals surface area (Å²) in [5.74, 6) is 0.347. The number of rotatable bonds is 8. The Bertz CT molecular complexity index is 790. The Morgan fingerprint density at radius 3 is 2.54 bits per heavy atom. The summed E-state index contributed by atoms with van der Waals surface area (Å²) >= 11 is 0. The number of ether oxygens (including phenoxy) is 2. The zero-order valence-corrected chi connectivity index (χ0v) is 16.7. The Labute approximate surface area is 166 Å². The van der Waals surface area contributed by atoms with E-state index in [4.69, 9.17) is 9.47 Å². The minimum absolute atomic E-state index is 0.212. The minimum atomic E-state index is -0.551. The van der Waals surface area contributed by atoms with Gasteiger partial charge < -0.3 is 14.8 Å². The first-order chi connectivity index (χ1) is 13.4. The number of amides is 2. The van der Waals surface area contributed by atoms with Gasteiger partial charge in [0, 0.05) is 18.3 Å². The van der Waals surface area contributed by atoms with Crippen molar-refractivity contribution in [1.82, 2.24) is 5.32 Å². The second-order valence-electron chi connectivity index (χ2n) is 6.87. The summed E-state index contributed by atoms with van der Waals surface area (Å²) < 4.78 is 10.3. The van der Waals surface area contributed by atoms with Crippen LogP contribution in [0.1, 0.15) is 37.8 Å². The molecule has 2 amide bonds. The molecule has 0 atom stereocenters. The lowest BCUT2D eigenvalue weighted by molar-refractivity contribution is 0.130. The second kappa shape index (κ2) is 11.0. The molecule has 150 valence electrons. The summed E-state index contributed by atoms with van der Waals surface area (Å²) in [4.78, 5) is 23.6. The van der Waals surface area contributed by atoms with Gasteiger partial charge in [0.1, 0.15) is 5.75 Å². The maximum Gasteiger partial charge on any atom is 0.412 e. The molecule has 6 heteroatoms. The van der Waals surface area contributed by atoms with Gasteiger partial charge in [0.05, 0.1) is 6.10 Å². The summed E-state index contributed by atoms with van der Waals surface area (Å²) in [6, 6.07) is 15.0. The van der Waals surface area contributed by atoms with Crippen LogP contribution in [0.2, 0.25) is 0 Å². The molecule has 0 unspecified atom stereocenters. The molecule has 0 saturated heterocycles. The topological polar surface area (TPSA) is 76.7 Å². The van der Waals surface area contributed by atoms with Crippen LogP contribution in [0.15, 0.2) is 48.5 Å². The molecule has 0 aliphatic carbocycles. The molecule has 0 aromatic heterocycles. The average Bonchev–Trinajstić information content (AvgIpc) is 2.61. The van der Waals surface area contributed by atoms with Gasteiger partial charge in [-0.1, -0.05) is 35.9 Å². The van der Waals surface area contributed by atoms with E-state index in [1.165, 1.54) is 11.1 Å². The number of carbonyl (C=O) groups is 2. The van der Waals surface area contributed by atoms with Crippen molar-refractivity contribution in [3.05, 3.63) is 59.7 Å². The Morgan fingerprint density at radius 1 is 1.00 bits per heavy atom. The number of carbonyl (C=O) groups excluding carboxylic acids is 2. The van der Waals surface area contributed by atoms with E-state index in [0.29, 0.717) is 18.0 Å². The third-order valence-corrected chi connectivity index (χ3v) is 3.88. The van der Waals surface area contributed by atoms with E-state index in [1.807, 2.05) is 0 Å². The molecule has 2 rings (SSSR count). The molecular weight excluding hydrogens is 356 g/mol. The third kappa shape index (κ3) is 8.12. The standard InChI is InChI=1S/C22H28N2O4/c1-16(2)27-22(26)24-19-11-7-12-20(15-19)28-21(25)23-13-5-4-9-18-10-6-8-17(3)14-18/h6-8,10-12,14-16H,4-5,9,13H2,1-3H3,(H,23,25)(H,24,26). The van der Waals surface area contributed by atoms with Crippen molar-refractivity contribution >= 4 is 17.9 Å². The fourth-order valence-corrected chi connectivity index (χ4v) is 2.65. The molecule has 2 aromatic carbocycles. The summed E-state index contributed by atoms with van der Waals surface area (Å²) in [7, 11) is 0. The molecule has 28 heavy (non-hydrogen) atoms. The van der Waals surface area contributed by atoms with Gasteiger partial charge in [-0.25, -0.2) is 9.59 Å².